The highest BCUT2D eigenvalue weighted by Gasteiger charge is 2.16. The molecule has 2 heterocycles. The third-order valence-electron chi connectivity index (χ3n) is 7.48. The van der Waals surface area contributed by atoms with Gasteiger partial charge in [-0.05, 0) is 26.3 Å². The van der Waals surface area contributed by atoms with Crippen molar-refractivity contribution < 1.29 is 33.3 Å². The Labute approximate surface area is 253 Å². The van der Waals surface area contributed by atoms with Gasteiger partial charge in [-0.2, -0.15) is 0 Å². The molecule has 0 spiro atoms. The predicted molar refractivity (Wildman–Crippen MR) is 162 cm³/mol. The largest absolute Gasteiger partial charge is 0.380 e. The van der Waals surface area contributed by atoms with Gasteiger partial charge in [0.2, 0.25) is 11.8 Å². The number of carbonyl (C=O) groups is 2. The second-order valence-electron chi connectivity index (χ2n) is 10.9. The van der Waals surface area contributed by atoms with Crippen molar-refractivity contribution in [3.63, 3.8) is 0 Å². The predicted octanol–water partition coefficient (Wildman–Crippen LogP) is -1.03. The topological polar surface area (TPSA) is 117 Å². The quantitative estimate of drug-likeness (QED) is 0.125. The molecule has 13 nitrogen and oxygen atoms in total. The van der Waals surface area contributed by atoms with Crippen molar-refractivity contribution in [1.29, 1.82) is 0 Å². The van der Waals surface area contributed by atoms with Crippen LogP contribution in [0.2, 0.25) is 0 Å². The maximum Gasteiger partial charge on any atom is 0.246 e. The molecule has 0 atom stereocenters. The molecule has 0 aromatic heterocycles. The number of rotatable bonds is 25. The van der Waals surface area contributed by atoms with Crippen molar-refractivity contribution in [2.24, 2.45) is 0 Å². The summed E-state index contributed by atoms with van der Waals surface area (Å²) in [7, 11) is 3.76. The Bertz CT molecular complexity index is 677. The van der Waals surface area contributed by atoms with E-state index in [1.165, 1.54) is 0 Å². The summed E-state index contributed by atoms with van der Waals surface area (Å²) in [6.45, 7) is 17.0. The first-order valence-electron chi connectivity index (χ1n) is 15.8. The molecule has 2 rings (SSSR count). The van der Waals surface area contributed by atoms with Gasteiger partial charge in [0.05, 0.1) is 39.6 Å². The average Bonchev–Trinajstić information content (AvgIpc) is 3.00. The molecule has 0 aromatic rings. The van der Waals surface area contributed by atoms with E-state index in [4.69, 9.17) is 23.7 Å². The summed E-state index contributed by atoms with van der Waals surface area (Å²) in [5, 5.41) is 5.47. The summed E-state index contributed by atoms with van der Waals surface area (Å²) < 4.78 is 27.6. The van der Waals surface area contributed by atoms with Crippen LogP contribution in [0.3, 0.4) is 0 Å². The number of unbranched alkanes of at least 4 members (excludes halogenated alkanes) is 2. The smallest absolute Gasteiger partial charge is 0.246 e. The van der Waals surface area contributed by atoms with Gasteiger partial charge < -0.3 is 39.2 Å². The van der Waals surface area contributed by atoms with Crippen molar-refractivity contribution >= 4 is 11.8 Å². The van der Waals surface area contributed by atoms with E-state index in [0.29, 0.717) is 46.2 Å². The molecule has 0 saturated carbocycles. The monoisotopic (exact) mass is 602 g/mol. The van der Waals surface area contributed by atoms with Crippen molar-refractivity contribution in [2.45, 2.75) is 19.3 Å². The molecule has 246 valence electrons. The first kappa shape index (κ1) is 36.8. The van der Waals surface area contributed by atoms with E-state index < -0.39 is 0 Å². The number of nitrogens with one attached hydrogen (secondary N) is 2. The van der Waals surface area contributed by atoms with Gasteiger partial charge in [0.25, 0.3) is 0 Å². The van der Waals surface area contributed by atoms with Gasteiger partial charge in [-0.3, -0.25) is 24.3 Å². The summed E-state index contributed by atoms with van der Waals surface area (Å²) >= 11 is 0. The fourth-order valence-corrected chi connectivity index (χ4v) is 4.63. The number of hydrogen-bond donors (Lipinski definition) is 2. The molecule has 2 N–H and O–H groups in total. The zero-order valence-electron chi connectivity index (χ0n) is 26.3. The minimum absolute atomic E-state index is 0.0431. The lowest BCUT2D eigenvalue weighted by molar-refractivity contribution is -0.126. The van der Waals surface area contributed by atoms with Crippen LogP contribution in [0.5, 0.6) is 0 Å². The first-order chi connectivity index (χ1) is 20.6. The summed E-state index contributed by atoms with van der Waals surface area (Å²) in [6.07, 6.45) is 3.04. The van der Waals surface area contributed by atoms with E-state index in [0.717, 1.165) is 104 Å². The molecule has 2 amide bonds. The number of piperazine rings is 2. The van der Waals surface area contributed by atoms with Crippen molar-refractivity contribution in [1.82, 2.24) is 30.2 Å². The maximum absolute atomic E-state index is 12.1. The van der Waals surface area contributed by atoms with E-state index in [2.05, 4.69) is 37.3 Å². The lowest BCUT2D eigenvalue weighted by Gasteiger charge is -2.34. The van der Waals surface area contributed by atoms with Gasteiger partial charge in [-0.1, -0.05) is 0 Å². The Morgan fingerprint density at radius 2 is 1.00 bits per heavy atom. The fourth-order valence-electron chi connectivity index (χ4n) is 4.63. The number of carbonyl (C=O) groups excluding carboxylic acids is 2. The number of amides is 2. The van der Waals surface area contributed by atoms with Crippen LogP contribution < -0.4 is 10.6 Å². The van der Waals surface area contributed by atoms with Gasteiger partial charge in [0, 0.05) is 98.8 Å². The SMILES string of the molecule is CNC(=O)COCCOCCOCCN1CCN(CCNC(=O)COCCCCCOCCN2CCN(C)CC2)CC1. The molecule has 2 aliphatic rings. The van der Waals surface area contributed by atoms with Gasteiger partial charge in [-0.25, -0.2) is 0 Å². The molecule has 13 heteroatoms. The molecule has 0 radical (unpaired) electrons. The third-order valence-corrected chi connectivity index (χ3v) is 7.48. The van der Waals surface area contributed by atoms with E-state index >= 15 is 0 Å². The highest BCUT2D eigenvalue weighted by atomic mass is 16.5. The van der Waals surface area contributed by atoms with Gasteiger partial charge in [0.15, 0.2) is 0 Å². The third kappa shape index (κ3) is 19.7. The lowest BCUT2D eigenvalue weighted by atomic mass is 10.2. The van der Waals surface area contributed by atoms with E-state index in [-0.39, 0.29) is 25.0 Å². The van der Waals surface area contributed by atoms with Crippen molar-refractivity contribution in [3.05, 3.63) is 0 Å². The van der Waals surface area contributed by atoms with Crippen LogP contribution in [0.4, 0.5) is 0 Å². The Hall–Kier alpha value is -1.42. The Kier molecular flexibility index (Phi) is 21.9. The second kappa shape index (κ2) is 25.0. The number of nitrogens with zero attached hydrogens (tertiary/aromatic N) is 4. The van der Waals surface area contributed by atoms with Crippen LogP contribution in [0.15, 0.2) is 0 Å². The average molecular weight is 603 g/mol. The molecular formula is C29H58N6O7. The van der Waals surface area contributed by atoms with E-state index in [1.807, 2.05) is 0 Å². The maximum atomic E-state index is 12.1. The van der Waals surface area contributed by atoms with Crippen molar-refractivity contribution in [2.75, 3.05) is 159 Å². The van der Waals surface area contributed by atoms with Gasteiger partial charge in [-0.15, -0.1) is 0 Å². The van der Waals surface area contributed by atoms with E-state index in [1.54, 1.807) is 7.05 Å². The zero-order chi connectivity index (χ0) is 30.1. The van der Waals surface area contributed by atoms with Crippen LogP contribution in [0.25, 0.3) is 0 Å². The minimum Gasteiger partial charge on any atom is -0.380 e. The normalized spacial score (nSPS) is 17.5. The Morgan fingerprint density at radius 1 is 0.548 bits per heavy atom. The van der Waals surface area contributed by atoms with Crippen LogP contribution >= 0.6 is 0 Å². The molecule has 0 bridgehead atoms. The number of hydrogen-bond acceptors (Lipinski definition) is 11. The molecule has 0 aromatic carbocycles. The molecular weight excluding hydrogens is 544 g/mol. The van der Waals surface area contributed by atoms with Gasteiger partial charge in [0.1, 0.15) is 13.2 Å². The van der Waals surface area contributed by atoms with Crippen LogP contribution in [0, 0.1) is 0 Å². The molecule has 2 aliphatic heterocycles. The molecule has 2 saturated heterocycles. The summed E-state index contributed by atoms with van der Waals surface area (Å²) in [5.41, 5.74) is 0. The van der Waals surface area contributed by atoms with Gasteiger partial charge >= 0.3 is 0 Å². The summed E-state index contributed by atoms with van der Waals surface area (Å²) in [6, 6.07) is 0. The second-order valence-corrected chi connectivity index (χ2v) is 10.9. The highest BCUT2D eigenvalue weighted by Crippen LogP contribution is 2.02. The minimum atomic E-state index is -0.141. The standard InChI is InChI=1S/C29H58N6O7/c1-30-28(36)26-42-25-24-40-23-22-39-21-17-35-14-12-33(13-15-35)7-6-31-29(37)27-41-19-5-3-4-18-38-20-16-34-10-8-32(2)9-11-34/h3-27H2,1-2H3,(H,30,36)(H,31,37). The molecule has 0 unspecified atom stereocenters. The summed E-state index contributed by atoms with van der Waals surface area (Å²) in [4.78, 5) is 32.7. The Balaban J connectivity index is 1.28. The summed E-state index contributed by atoms with van der Waals surface area (Å²) in [5.74, 6) is -0.184. The molecule has 0 aliphatic carbocycles. The fraction of sp³-hybridized carbons (Fsp3) is 0.931. The lowest BCUT2D eigenvalue weighted by Crippen LogP contribution is -2.49. The van der Waals surface area contributed by atoms with Crippen LogP contribution in [-0.4, -0.2) is 190 Å². The number of likely N-dealkylation sites (N-methyl/N-ethyl adjacent to an activating group) is 2. The zero-order valence-corrected chi connectivity index (χ0v) is 26.3. The van der Waals surface area contributed by atoms with Crippen molar-refractivity contribution in [3.8, 4) is 0 Å². The highest BCUT2D eigenvalue weighted by molar-refractivity contribution is 5.77. The Morgan fingerprint density at radius 3 is 1.62 bits per heavy atom. The van der Waals surface area contributed by atoms with Crippen LogP contribution in [0.1, 0.15) is 19.3 Å². The van der Waals surface area contributed by atoms with E-state index in [9.17, 15) is 9.59 Å². The first-order valence-corrected chi connectivity index (χ1v) is 15.8. The molecule has 42 heavy (non-hydrogen) atoms. The van der Waals surface area contributed by atoms with Crippen LogP contribution in [-0.2, 0) is 33.3 Å². The number of ether oxygens (including phenoxy) is 5. The molecule has 2 fully saturated rings.